The van der Waals surface area contributed by atoms with E-state index in [9.17, 15) is 4.79 Å². The van der Waals surface area contributed by atoms with Gasteiger partial charge in [-0.25, -0.2) is 4.98 Å². The van der Waals surface area contributed by atoms with Gasteiger partial charge in [-0.05, 0) is 6.92 Å². The first-order chi connectivity index (χ1) is 8.65. The molecule has 116 valence electrons. The SMILES string of the molecule is Cc1ncc(CN(C)C(=O)CC2COCCN2)s1.Cl.Cl. The van der Waals surface area contributed by atoms with Crippen molar-refractivity contribution in [3.8, 4) is 0 Å². The maximum Gasteiger partial charge on any atom is 0.224 e. The Kier molecular flexibility index (Phi) is 9.33. The van der Waals surface area contributed by atoms with Crippen LogP contribution in [0.25, 0.3) is 0 Å². The van der Waals surface area contributed by atoms with E-state index in [2.05, 4.69) is 10.3 Å². The van der Waals surface area contributed by atoms with Gasteiger partial charge in [-0.3, -0.25) is 4.79 Å². The highest BCUT2D eigenvalue weighted by Crippen LogP contribution is 2.14. The van der Waals surface area contributed by atoms with Crippen molar-refractivity contribution in [1.82, 2.24) is 15.2 Å². The van der Waals surface area contributed by atoms with E-state index >= 15 is 0 Å². The van der Waals surface area contributed by atoms with Gasteiger partial charge in [-0.15, -0.1) is 36.2 Å². The number of nitrogens with zero attached hydrogens (tertiary/aromatic N) is 2. The summed E-state index contributed by atoms with van der Waals surface area (Å²) in [5.41, 5.74) is 0. The Morgan fingerprint density at radius 2 is 2.35 bits per heavy atom. The lowest BCUT2D eigenvalue weighted by atomic mass is 10.2. The summed E-state index contributed by atoms with van der Waals surface area (Å²) in [6, 6.07) is 0.150. The molecule has 0 radical (unpaired) electrons. The fraction of sp³-hybridized carbons (Fsp3) is 0.667. The lowest BCUT2D eigenvalue weighted by molar-refractivity contribution is -0.131. The predicted octanol–water partition coefficient (Wildman–Crippen LogP) is 1.63. The number of morpholine rings is 1. The van der Waals surface area contributed by atoms with Gasteiger partial charge >= 0.3 is 0 Å². The van der Waals surface area contributed by atoms with Gasteiger partial charge in [-0.1, -0.05) is 0 Å². The van der Waals surface area contributed by atoms with Crippen molar-refractivity contribution >= 4 is 42.1 Å². The monoisotopic (exact) mass is 341 g/mol. The number of nitrogens with one attached hydrogen (secondary N) is 1. The van der Waals surface area contributed by atoms with Crippen LogP contribution in [0.15, 0.2) is 6.20 Å². The third kappa shape index (κ3) is 5.93. The average molecular weight is 342 g/mol. The lowest BCUT2D eigenvalue weighted by Crippen LogP contribution is -2.44. The first-order valence-corrected chi connectivity index (χ1v) is 6.93. The highest BCUT2D eigenvalue weighted by Gasteiger charge is 2.19. The van der Waals surface area contributed by atoms with E-state index in [-0.39, 0.29) is 36.8 Å². The maximum atomic E-state index is 12.0. The Bertz CT molecular complexity index is 411. The second-order valence-electron chi connectivity index (χ2n) is 4.53. The predicted molar refractivity (Wildman–Crippen MR) is 85.0 cm³/mol. The molecule has 1 N–H and O–H groups in total. The smallest absolute Gasteiger partial charge is 0.224 e. The molecule has 1 amide bonds. The summed E-state index contributed by atoms with van der Waals surface area (Å²) < 4.78 is 5.34. The summed E-state index contributed by atoms with van der Waals surface area (Å²) in [5, 5.41) is 4.33. The maximum absolute atomic E-state index is 12.0. The van der Waals surface area contributed by atoms with Crippen LogP contribution in [0.5, 0.6) is 0 Å². The van der Waals surface area contributed by atoms with E-state index in [1.807, 2.05) is 20.2 Å². The molecule has 0 bridgehead atoms. The Balaban J connectivity index is 0.00000180. The van der Waals surface area contributed by atoms with E-state index < -0.39 is 0 Å². The standard InChI is InChI=1S/C12H19N3O2S.2ClH/c1-9-14-6-11(18-9)7-15(2)12(16)5-10-8-17-4-3-13-10;;/h6,10,13H,3-5,7-8H2,1-2H3;2*1H. The van der Waals surface area contributed by atoms with Crippen molar-refractivity contribution in [2.45, 2.75) is 25.9 Å². The number of aryl methyl sites for hydroxylation is 1. The highest BCUT2D eigenvalue weighted by atomic mass is 35.5. The molecule has 1 atom stereocenters. The molecule has 0 aliphatic carbocycles. The minimum Gasteiger partial charge on any atom is -0.378 e. The quantitative estimate of drug-likeness (QED) is 0.904. The summed E-state index contributed by atoms with van der Waals surface area (Å²) >= 11 is 1.63. The molecular weight excluding hydrogens is 321 g/mol. The van der Waals surface area contributed by atoms with Crippen LogP contribution in [0.4, 0.5) is 0 Å². The first kappa shape index (κ1) is 19.6. The van der Waals surface area contributed by atoms with E-state index in [1.54, 1.807) is 16.2 Å². The van der Waals surface area contributed by atoms with Gasteiger partial charge in [0.15, 0.2) is 0 Å². The van der Waals surface area contributed by atoms with Crippen LogP contribution in [0.1, 0.15) is 16.3 Å². The zero-order valence-electron chi connectivity index (χ0n) is 11.6. The molecule has 1 aliphatic rings. The molecule has 0 spiro atoms. The number of rotatable bonds is 4. The minimum atomic E-state index is 0. The van der Waals surface area contributed by atoms with Crippen LogP contribution in [-0.4, -0.2) is 48.6 Å². The summed E-state index contributed by atoms with van der Waals surface area (Å²) in [6.07, 6.45) is 2.33. The van der Waals surface area contributed by atoms with Crippen LogP contribution in [0.3, 0.4) is 0 Å². The summed E-state index contributed by atoms with van der Waals surface area (Å²) in [5.74, 6) is 0.143. The molecule has 2 rings (SSSR count). The molecule has 5 nitrogen and oxygen atoms in total. The number of hydrogen-bond donors (Lipinski definition) is 1. The minimum absolute atomic E-state index is 0. The highest BCUT2D eigenvalue weighted by molar-refractivity contribution is 7.11. The molecule has 2 heterocycles. The van der Waals surface area contributed by atoms with E-state index in [4.69, 9.17) is 4.74 Å². The number of carbonyl (C=O) groups excluding carboxylic acids is 1. The number of amides is 1. The number of halogens is 2. The molecule has 0 aromatic carbocycles. The molecule has 1 unspecified atom stereocenters. The first-order valence-electron chi connectivity index (χ1n) is 6.11. The molecule has 1 aromatic heterocycles. The zero-order chi connectivity index (χ0) is 13.0. The van der Waals surface area contributed by atoms with E-state index in [0.717, 1.165) is 23.0 Å². The Morgan fingerprint density at radius 1 is 1.60 bits per heavy atom. The van der Waals surface area contributed by atoms with Crippen molar-refractivity contribution < 1.29 is 9.53 Å². The topological polar surface area (TPSA) is 54.5 Å². The Hall–Kier alpha value is -0.400. The average Bonchev–Trinajstić information content (AvgIpc) is 2.76. The van der Waals surface area contributed by atoms with Crippen molar-refractivity contribution in [2.24, 2.45) is 0 Å². The molecular formula is C12H21Cl2N3O2S. The number of thiazole rings is 1. The van der Waals surface area contributed by atoms with Gasteiger partial charge in [0.25, 0.3) is 0 Å². The van der Waals surface area contributed by atoms with Crippen LogP contribution >= 0.6 is 36.2 Å². The van der Waals surface area contributed by atoms with Crippen molar-refractivity contribution in [3.63, 3.8) is 0 Å². The lowest BCUT2D eigenvalue weighted by Gasteiger charge is -2.25. The number of aromatic nitrogens is 1. The Morgan fingerprint density at radius 3 is 2.90 bits per heavy atom. The van der Waals surface area contributed by atoms with E-state index in [0.29, 0.717) is 19.6 Å². The van der Waals surface area contributed by atoms with Crippen molar-refractivity contribution in [1.29, 1.82) is 0 Å². The molecule has 8 heteroatoms. The van der Waals surface area contributed by atoms with Gasteiger partial charge in [0, 0.05) is 37.1 Å². The van der Waals surface area contributed by atoms with Crippen LogP contribution in [0, 0.1) is 6.92 Å². The number of carbonyl (C=O) groups is 1. The van der Waals surface area contributed by atoms with Gasteiger partial charge in [0.2, 0.25) is 5.91 Å². The summed E-state index contributed by atoms with van der Waals surface area (Å²) in [6.45, 7) is 4.80. The third-order valence-corrected chi connectivity index (χ3v) is 3.80. The fourth-order valence-corrected chi connectivity index (χ4v) is 2.77. The fourth-order valence-electron chi connectivity index (χ4n) is 1.92. The number of ether oxygens (including phenoxy) is 1. The third-order valence-electron chi connectivity index (χ3n) is 2.91. The number of hydrogen-bond acceptors (Lipinski definition) is 5. The molecule has 0 saturated carbocycles. The summed E-state index contributed by atoms with van der Waals surface area (Å²) in [7, 11) is 1.83. The van der Waals surface area contributed by atoms with Crippen LogP contribution in [-0.2, 0) is 16.1 Å². The Labute approximate surface area is 135 Å². The van der Waals surface area contributed by atoms with Gasteiger partial charge in [0.05, 0.1) is 24.8 Å². The molecule has 1 saturated heterocycles. The van der Waals surface area contributed by atoms with Crippen LogP contribution < -0.4 is 5.32 Å². The van der Waals surface area contributed by atoms with Crippen LogP contribution in [0.2, 0.25) is 0 Å². The van der Waals surface area contributed by atoms with Crippen molar-refractivity contribution in [3.05, 3.63) is 16.1 Å². The summed E-state index contributed by atoms with van der Waals surface area (Å²) in [4.78, 5) is 19.1. The zero-order valence-corrected chi connectivity index (χ0v) is 14.1. The van der Waals surface area contributed by atoms with Gasteiger partial charge in [0.1, 0.15) is 0 Å². The van der Waals surface area contributed by atoms with Gasteiger partial charge in [-0.2, -0.15) is 0 Å². The van der Waals surface area contributed by atoms with Crippen molar-refractivity contribution in [2.75, 3.05) is 26.8 Å². The van der Waals surface area contributed by atoms with Gasteiger partial charge < -0.3 is 15.0 Å². The molecule has 1 aromatic rings. The molecule has 20 heavy (non-hydrogen) atoms. The second kappa shape index (κ2) is 9.52. The largest absolute Gasteiger partial charge is 0.378 e. The molecule has 1 aliphatic heterocycles. The second-order valence-corrected chi connectivity index (χ2v) is 5.84. The molecule has 1 fully saturated rings. The normalized spacial score (nSPS) is 17.8. The van der Waals surface area contributed by atoms with E-state index in [1.165, 1.54) is 0 Å².